The van der Waals surface area contributed by atoms with Gasteiger partial charge in [-0.05, 0) is 36.2 Å². The van der Waals surface area contributed by atoms with E-state index in [9.17, 15) is 9.59 Å². The summed E-state index contributed by atoms with van der Waals surface area (Å²) in [6, 6.07) is 17.4. The minimum Gasteiger partial charge on any atom is -0.497 e. The maximum atomic E-state index is 12.9. The molecule has 0 spiro atoms. The van der Waals surface area contributed by atoms with Crippen LogP contribution in [0.25, 0.3) is 11.0 Å². The molecule has 2 heterocycles. The van der Waals surface area contributed by atoms with E-state index in [0.717, 1.165) is 28.3 Å². The number of nitrogens with one attached hydrogen (secondary N) is 2. The minimum absolute atomic E-state index is 0.246. The van der Waals surface area contributed by atoms with Crippen LogP contribution in [0.5, 0.6) is 11.5 Å². The Balaban J connectivity index is 1.72. The number of methoxy groups -OCH3 is 3. The van der Waals surface area contributed by atoms with Crippen LogP contribution in [0.15, 0.2) is 60.8 Å². The van der Waals surface area contributed by atoms with Gasteiger partial charge in [0.05, 0.1) is 38.9 Å². The number of ether oxygens (including phenoxy) is 3. The number of rotatable bonds is 10. The molecule has 0 saturated heterocycles. The van der Waals surface area contributed by atoms with Crippen LogP contribution in [0, 0.1) is 0 Å². The Morgan fingerprint density at radius 2 is 1.76 bits per heavy atom. The molecule has 2 aromatic carbocycles. The van der Waals surface area contributed by atoms with E-state index in [1.165, 1.54) is 14.0 Å². The van der Waals surface area contributed by atoms with Crippen molar-refractivity contribution in [3.05, 3.63) is 77.6 Å². The molecule has 1 amide bonds. The molecule has 2 N–H and O–H groups in total. The van der Waals surface area contributed by atoms with E-state index >= 15 is 0 Å². The number of aryl methyl sites for hydroxylation is 2. The van der Waals surface area contributed by atoms with Gasteiger partial charge in [0.1, 0.15) is 17.1 Å². The van der Waals surface area contributed by atoms with Gasteiger partial charge in [-0.15, -0.1) is 0 Å². The summed E-state index contributed by atoms with van der Waals surface area (Å²) in [7, 11) is 4.58. The number of fused-ring (bicyclic) bond motifs is 1. The van der Waals surface area contributed by atoms with Crippen molar-refractivity contribution in [1.29, 1.82) is 0 Å². The molecule has 4 rings (SSSR count). The van der Waals surface area contributed by atoms with E-state index in [1.807, 2.05) is 54.6 Å². The fraction of sp³-hybridized carbons (Fsp3) is 0.250. The van der Waals surface area contributed by atoms with E-state index in [0.29, 0.717) is 36.2 Å². The predicted octanol–water partition coefficient (Wildman–Crippen LogP) is 4.65. The second-order valence-electron chi connectivity index (χ2n) is 8.41. The minimum atomic E-state index is -0.556. The molecule has 4 aromatic rings. The molecule has 192 valence electrons. The number of hydrogen-bond acceptors (Lipinski definition) is 7. The van der Waals surface area contributed by atoms with Crippen LogP contribution >= 0.6 is 0 Å². The number of pyridine rings is 1. The smallest absolute Gasteiger partial charge is 0.356 e. The second kappa shape index (κ2) is 11.5. The Morgan fingerprint density at radius 3 is 2.43 bits per heavy atom. The predicted molar refractivity (Wildman–Crippen MR) is 142 cm³/mol. The zero-order valence-corrected chi connectivity index (χ0v) is 21.3. The number of hydrogen-bond donors (Lipinski definition) is 2. The lowest BCUT2D eigenvalue weighted by Crippen LogP contribution is -2.16. The summed E-state index contributed by atoms with van der Waals surface area (Å²) in [5, 5.41) is 6.81. The van der Waals surface area contributed by atoms with Crippen LogP contribution < -0.4 is 20.1 Å². The molecule has 9 nitrogen and oxygen atoms in total. The number of carbonyl (C=O) groups excluding carboxylic acids is 2. The number of carbonyl (C=O) groups is 2. The number of aromatic nitrogens is 2. The first kappa shape index (κ1) is 25.6. The third-order valence-electron chi connectivity index (χ3n) is 6.04. The van der Waals surface area contributed by atoms with Gasteiger partial charge in [0.2, 0.25) is 5.91 Å². The summed E-state index contributed by atoms with van der Waals surface area (Å²) in [5.41, 5.74) is 3.97. The quantitative estimate of drug-likeness (QED) is 0.304. The molecule has 0 saturated carbocycles. The highest BCUT2D eigenvalue weighted by atomic mass is 16.5. The van der Waals surface area contributed by atoms with Gasteiger partial charge in [-0.1, -0.05) is 30.3 Å². The molecule has 0 radical (unpaired) electrons. The zero-order chi connectivity index (χ0) is 26.4. The topological polar surface area (TPSA) is 104 Å². The molecule has 0 fully saturated rings. The van der Waals surface area contributed by atoms with Crippen molar-refractivity contribution in [3.63, 3.8) is 0 Å². The largest absolute Gasteiger partial charge is 0.497 e. The normalized spacial score (nSPS) is 10.7. The fourth-order valence-corrected chi connectivity index (χ4v) is 4.23. The molecular weight excluding hydrogens is 472 g/mol. The molecule has 0 aliphatic heterocycles. The van der Waals surface area contributed by atoms with Crippen LogP contribution in [0.3, 0.4) is 0 Å². The summed E-state index contributed by atoms with van der Waals surface area (Å²) in [5.74, 6) is 0.695. The molecule has 0 bridgehead atoms. The molecule has 0 aliphatic rings. The lowest BCUT2D eigenvalue weighted by Gasteiger charge is -2.11. The lowest BCUT2D eigenvalue weighted by atomic mass is 10.1. The van der Waals surface area contributed by atoms with Gasteiger partial charge in [0, 0.05) is 31.0 Å². The Morgan fingerprint density at radius 1 is 1.00 bits per heavy atom. The molecule has 2 aromatic heterocycles. The maximum absolute atomic E-state index is 12.9. The molecule has 0 atom stereocenters. The number of para-hydroxylation sites is 1. The van der Waals surface area contributed by atoms with E-state index < -0.39 is 5.97 Å². The third-order valence-corrected chi connectivity index (χ3v) is 6.04. The van der Waals surface area contributed by atoms with Gasteiger partial charge >= 0.3 is 5.97 Å². The number of amides is 1. The highest BCUT2D eigenvalue weighted by Crippen LogP contribution is 2.33. The molecule has 0 aliphatic carbocycles. The average Bonchev–Trinajstić information content (AvgIpc) is 3.22. The summed E-state index contributed by atoms with van der Waals surface area (Å²) >= 11 is 0. The summed E-state index contributed by atoms with van der Waals surface area (Å²) < 4.78 is 17.6. The molecule has 0 unspecified atom stereocenters. The Bertz CT molecular complexity index is 1410. The average molecular weight is 503 g/mol. The first-order valence-electron chi connectivity index (χ1n) is 11.8. The Hall–Kier alpha value is -4.53. The van der Waals surface area contributed by atoms with E-state index in [-0.39, 0.29) is 11.6 Å². The lowest BCUT2D eigenvalue weighted by molar-refractivity contribution is -0.114. The first-order chi connectivity index (χ1) is 17.9. The monoisotopic (exact) mass is 502 g/mol. The first-order valence-corrected chi connectivity index (χ1v) is 11.8. The fourth-order valence-electron chi connectivity index (χ4n) is 4.23. The number of anilines is 2. The van der Waals surface area contributed by atoms with Crippen molar-refractivity contribution >= 4 is 34.3 Å². The number of benzene rings is 2. The van der Waals surface area contributed by atoms with Gasteiger partial charge in [0.15, 0.2) is 5.69 Å². The van der Waals surface area contributed by atoms with E-state index in [2.05, 4.69) is 15.6 Å². The van der Waals surface area contributed by atoms with Crippen LogP contribution in [-0.4, -0.2) is 42.8 Å². The molecule has 37 heavy (non-hydrogen) atoms. The summed E-state index contributed by atoms with van der Waals surface area (Å²) in [4.78, 5) is 29.7. The van der Waals surface area contributed by atoms with Crippen molar-refractivity contribution in [3.8, 4) is 11.5 Å². The van der Waals surface area contributed by atoms with Crippen LogP contribution in [0.2, 0.25) is 0 Å². The van der Waals surface area contributed by atoms with Crippen molar-refractivity contribution in [1.82, 2.24) is 9.55 Å². The SMILES string of the molecule is COC(=O)c1c(NC(C)=O)c2cc(NCc3ccccc3OC)cnc2n1CCc1ccc(OC)cc1. The van der Waals surface area contributed by atoms with Crippen molar-refractivity contribution < 1.29 is 23.8 Å². The van der Waals surface area contributed by atoms with Crippen LogP contribution in [-0.2, 0) is 29.0 Å². The maximum Gasteiger partial charge on any atom is 0.356 e. The highest BCUT2D eigenvalue weighted by Gasteiger charge is 2.25. The highest BCUT2D eigenvalue weighted by molar-refractivity contribution is 6.11. The van der Waals surface area contributed by atoms with Gasteiger partial charge in [-0.25, -0.2) is 9.78 Å². The van der Waals surface area contributed by atoms with Crippen LogP contribution in [0.4, 0.5) is 11.4 Å². The van der Waals surface area contributed by atoms with Gasteiger partial charge in [-0.3, -0.25) is 4.79 Å². The van der Waals surface area contributed by atoms with Gasteiger partial charge in [-0.2, -0.15) is 0 Å². The Kier molecular flexibility index (Phi) is 7.92. The van der Waals surface area contributed by atoms with Crippen molar-refractivity contribution in [2.75, 3.05) is 32.0 Å². The van der Waals surface area contributed by atoms with Gasteiger partial charge in [0.25, 0.3) is 0 Å². The van der Waals surface area contributed by atoms with E-state index in [1.54, 1.807) is 25.0 Å². The number of esters is 1. The zero-order valence-electron chi connectivity index (χ0n) is 21.3. The van der Waals surface area contributed by atoms with Crippen molar-refractivity contribution in [2.24, 2.45) is 0 Å². The van der Waals surface area contributed by atoms with Crippen molar-refractivity contribution in [2.45, 2.75) is 26.4 Å². The van der Waals surface area contributed by atoms with Crippen LogP contribution in [0.1, 0.15) is 28.5 Å². The Labute approximate surface area is 215 Å². The van der Waals surface area contributed by atoms with Gasteiger partial charge < -0.3 is 29.4 Å². The summed E-state index contributed by atoms with van der Waals surface area (Å²) in [6.07, 6.45) is 2.34. The summed E-state index contributed by atoms with van der Waals surface area (Å²) in [6.45, 7) is 2.36. The number of nitrogens with zero attached hydrogens (tertiary/aromatic N) is 2. The second-order valence-corrected chi connectivity index (χ2v) is 8.41. The third kappa shape index (κ3) is 5.66. The molecular formula is C28H30N4O5. The van der Waals surface area contributed by atoms with E-state index in [4.69, 9.17) is 14.2 Å². The molecule has 9 heteroatoms. The standard InChI is InChI=1S/C28H30N4O5/c1-18(33)31-25-23-15-21(29-16-20-7-5-6-8-24(20)36-3)17-30-27(23)32(26(25)28(34)37-4)14-13-19-9-11-22(35-2)12-10-19/h5-12,15,17,29H,13-14,16H2,1-4H3,(H,31,33).